The van der Waals surface area contributed by atoms with Gasteiger partial charge in [0.1, 0.15) is 0 Å². The fourth-order valence-corrected chi connectivity index (χ4v) is 1.64. The Morgan fingerprint density at radius 2 is 2.24 bits per heavy atom. The fourth-order valence-electron chi connectivity index (χ4n) is 1.64. The van der Waals surface area contributed by atoms with Crippen molar-refractivity contribution in [1.29, 1.82) is 0 Å². The van der Waals surface area contributed by atoms with Crippen LogP contribution in [0.3, 0.4) is 0 Å². The highest BCUT2D eigenvalue weighted by atomic mass is 16.6. The lowest BCUT2D eigenvalue weighted by atomic mass is 10.2. The molecule has 17 heavy (non-hydrogen) atoms. The van der Waals surface area contributed by atoms with E-state index in [2.05, 4.69) is 10.3 Å². The van der Waals surface area contributed by atoms with E-state index in [-0.39, 0.29) is 10.6 Å². The van der Waals surface area contributed by atoms with E-state index in [1.165, 1.54) is 6.07 Å². The highest BCUT2D eigenvalue weighted by molar-refractivity contribution is 5.53. The van der Waals surface area contributed by atoms with E-state index in [1.54, 1.807) is 19.1 Å². The third-order valence-corrected chi connectivity index (χ3v) is 2.55. The second-order valence-electron chi connectivity index (χ2n) is 3.83. The normalized spacial score (nSPS) is 10.2. The van der Waals surface area contributed by atoms with Crippen LogP contribution in [0, 0.1) is 17.0 Å². The number of nitro groups is 1. The van der Waals surface area contributed by atoms with Gasteiger partial charge < -0.3 is 10.3 Å². The van der Waals surface area contributed by atoms with Crippen LogP contribution in [-0.2, 0) is 6.54 Å². The van der Waals surface area contributed by atoms with Gasteiger partial charge in [-0.05, 0) is 30.7 Å². The molecule has 1 heterocycles. The van der Waals surface area contributed by atoms with E-state index in [0.717, 1.165) is 11.3 Å². The Morgan fingerprint density at radius 1 is 1.41 bits per heavy atom. The summed E-state index contributed by atoms with van der Waals surface area (Å²) in [5.74, 6) is 0. The van der Waals surface area contributed by atoms with Gasteiger partial charge in [0.2, 0.25) is 0 Å². The maximum atomic E-state index is 10.7. The molecule has 5 nitrogen and oxygen atoms in total. The molecule has 5 heteroatoms. The zero-order valence-electron chi connectivity index (χ0n) is 9.43. The zero-order valence-corrected chi connectivity index (χ0v) is 9.43. The Morgan fingerprint density at radius 3 is 2.82 bits per heavy atom. The highest BCUT2D eigenvalue weighted by Crippen LogP contribution is 2.21. The van der Waals surface area contributed by atoms with Gasteiger partial charge in [-0.2, -0.15) is 0 Å². The molecule has 0 aliphatic carbocycles. The van der Waals surface area contributed by atoms with E-state index in [1.807, 2.05) is 18.5 Å². The summed E-state index contributed by atoms with van der Waals surface area (Å²) >= 11 is 0. The van der Waals surface area contributed by atoms with Crippen LogP contribution in [0.1, 0.15) is 11.1 Å². The molecular weight excluding hydrogens is 218 g/mol. The number of hydrogen-bond acceptors (Lipinski definition) is 3. The monoisotopic (exact) mass is 231 g/mol. The second kappa shape index (κ2) is 4.69. The summed E-state index contributed by atoms with van der Waals surface area (Å²) in [4.78, 5) is 13.3. The molecule has 0 saturated heterocycles. The Bertz CT molecular complexity index is 521. The van der Waals surface area contributed by atoms with Gasteiger partial charge in [-0.3, -0.25) is 10.1 Å². The maximum absolute atomic E-state index is 10.7. The third-order valence-electron chi connectivity index (χ3n) is 2.55. The van der Waals surface area contributed by atoms with Crippen molar-refractivity contribution in [3.8, 4) is 0 Å². The molecule has 0 amide bonds. The topological polar surface area (TPSA) is 71.0 Å². The number of aryl methyl sites for hydroxylation is 1. The van der Waals surface area contributed by atoms with Gasteiger partial charge in [0.15, 0.2) is 0 Å². The summed E-state index contributed by atoms with van der Waals surface area (Å²) in [7, 11) is 0. The Hall–Kier alpha value is -2.30. The first-order chi connectivity index (χ1) is 8.16. The molecule has 0 aliphatic heterocycles. The van der Waals surface area contributed by atoms with Crippen LogP contribution in [-0.4, -0.2) is 9.91 Å². The summed E-state index contributed by atoms with van der Waals surface area (Å²) in [6.07, 6.45) is 3.77. The van der Waals surface area contributed by atoms with Crippen molar-refractivity contribution < 1.29 is 4.92 Å². The minimum Gasteiger partial charge on any atom is -0.381 e. The van der Waals surface area contributed by atoms with Crippen molar-refractivity contribution in [2.45, 2.75) is 13.5 Å². The molecule has 0 radical (unpaired) electrons. The van der Waals surface area contributed by atoms with Crippen LogP contribution in [0.4, 0.5) is 11.4 Å². The molecular formula is C12H13N3O2. The first-order valence-electron chi connectivity index (χ1n) is 5.27. The molecule has 2 rings (SSSR count). The molecule has 1 aromatic carbocycles. The van der Waals surface area contributed by atoms with Crippen molar-refractivity contribution in [3.63, 3.8) is 0 Å². The zero-order chi connectivity index (χ0) is 12.3. The number of anilines is 1. The maximum Gasteiger partial charge on any atom is 0.272 e. The lowest BCUT2D eigenvalue weighted by molar-refractivity contribution is -0.385. The van der Waals surface area contributed by atoms with E-state index in [9.17, 15) is 10.1 Å². The summed E-state index contributed by atoms with van der Waals surface area (Å²) < 4.78 is 0. The number of aromatic nitrogens is 1. The minimum atomic E-state index is -0.370. The summed E-state index contributed by atoms with van der Waals surface area (Å²) in [6, 6.07) is 7.00. The minimum absolute atomic E-state index is 0.150. The molecule has 0 bridgehead atoms. The fraction of sp³-hybridized carbons (Fsp3) is 0.167. The van der Waals surface area contributed by atoms with Gasteiger partial charge in [0, 0.05) is 36.3 Å². The highest BCUT2D eigenvalue weighted by Gasteiger charge is 2.09. The lowest BCUT2D eigenvalue weighted by Gasteiger charge is -2.06. The molecule has 0 fully saturated rings. The van der Waals surface area contributed by atoms with Crippen LogP contribution in [0.15, 0.2) is 36.7 Å². The Kier molecular flexibility index (Phi) is 3.09. The van der Waals surface area contributed by atoms with Gasteiger partial charge in [-0.1, -0.05) is 0 Å². The smallest absolute Gasteiger partial charge is 0.272 e. The summed E-state index contributed by atoms with van der Waals surface area (Å²) in [5, 5.41) is 13.9. The van der Waals surface area contributed by atoms with E-state index in [4.69, 9.17) is 0 Å². The van der Waals surface area contributed by atoms with Crippen molar-refractivity contribution in [2.75, 3.05) is 5.32 Å². The second-order valence-corrected chi connectivity index (χ2v) is 3.83. The van der Waals surface area contributed by atoms with Gasteiger partial charge >= 0.3 is 0 Å². The van der Waals surface area contributed by atoms with Crippen LogP contribution < -0.4 is 5.32 Å². The van der Waals surface area contributed by atoms with E-state index < -0.39 is 0 Å². The van der Waals surface area contributed by atoms with E-state index >= 15 is 0 Å². The Labute approximate surface area is 98.6 Å². The Balaban J connectivity index is 2.07. The molecule has 2 N–H and O–H groups in total. The first kappa shape index (κ1) is 11.2. The molecule has 2 aromatic rings. The van der Waals surface area contributed by atoms with Gasteiger partial charge in [0.25, 0.3) is 5.69 Å². The van der Waals surface area contributed by atoms with Crippen LogP contribution in [0.5, 0.6) is 0 Å². The number of aromatic amines is 1. The average Bonchev–Trinajstić information content (AvgIpc) is 2.78. The van der Waals surface area contributed by atoms with Crippen molar-refractivity contribution >= 4 is 11.4 Å². The molecule has 0 aliphatic rings. The average molecular weight is 231 g/mol. The predicted molar refractivity (Wildman–Crippen MR) is 66.0 cm³/mol. The number of benzene rings is 1. The molecule has 0 unspecified atom stereocenters. The standard InChI is InChI=1S/C12H13N3O2/c1-9-6-11(2-3-12(9)15(16)17)14-8-10-4-5-13-7-10/h2-7,13-14H,8H2,1H3. The lowest BCUT2D eigenvalue weighted by Crippen LogP contribution is -1.99. The van der Waals surface area contributed by atoms with Crippen LogP contribution >= 0.6 is 0 Å². The van der Waals surface area contributed by atoms with Crippen LogP contribution in [0.25, 0.3) is 0 Å². The molecule has 88 valence electrons. The number of nitrogens with one attached hydrogen (secondary N) is 2. The number of H-pyrrole nitrogens is 1. The third kappa shape index (κ3) is 2.63. The SMILES string of the molecule is Cc1cc(NCc2cc[nH]c2)ccc1[N+](=O)[O-]. The van der Waals surface area contributed by atoms with E-state index in [0.29, 0.717) is 12.1 Å². The van der Waals surface area contributed by atoms with Crippen molar-refractivity contribution in [1.82, 2.24) is 4.98 Å². The predicted octanol–water partition coefficient (Wildman–Crippen LogP) is 2.84. The molecule has 0 atom stereocenters. The molecule has 0 saturated carbocycles. The molecule has 0 spiro atoms. The first-order valence-corrected chi connectivity index (χ1v) is 5.27. The number of hydrogen-bond donors (Lipinski definition) is 2. The van der Waals surface area contributed by atoms with Crippen LogP contribution in [0.2, 0.25) is 0 Å². The number of nitrogens with zero attached hydrogens (tertiary/aromatic N) is 1. The van der Waals surface area contributed by atoms with Gasteiger partial charge in [0.05, 0.1) is 4.92 Å². The van der Waals surface area contributed by atoms with Gasteiger partial charge in [-0.25, -0.2) is 0 Å². The molecule has 1 aromatic heterocycles. The largest absolute Gasteiger partial charge is 0.381 e. The number of rotatable bonds is 4. The van der Waals surface area contributed by atoms with Crippen molar-refractivity contribution in [3.05, 3.63) is 57.9 Å². The van der Waals surface area contributed by atoms with Crippen molar-refractivity contribution in [2.24, 2.45) is 0 Å². The number of nitro benzene ring substituents is 1. The quantitative estimate of drug-likeness (QED) is 0.627. The summed E-state index contributed by atoms with van der Waals surface area (Å²) in [5.41, 5.74) is 2.83. The van der Waals surface area contributed by atoms with Gasteiger partial charge in [-0.15, -0.1) is 0 Å². The summed E-state index contributed by atoms with van der Waals surface area (Å²) in [6.45, 7) is 2.43.